The number of piperazine rings is 1. The molecule has 0 bridgehead atoms. The van der Waals surface area contributed by atoms with Gasteiger partial charge in [0.15, 0.2) is 5.76 Å². The number of rotatable bonds is 4. The predicted molar refractivity (Wildman–Crippen MR) is 96.4 cm³/mol. The summed E-state index contributed by atoms with van der Waals surface area (Å²) in [7, 11) is -3.50. The first-order valence-electron chi connectivity index (χ1n) is 8.97. The third kappa shape index (κ3) is 2.91. The molecule has 2 aromatic heterocycles. The molecule has 1 saturated carbocycles. The van der Waals surface area contributed by atoms with Crippen molar-refractivity contribution in [2.24, 2.45) is 5.92 Å². The second-order valence-corrected chi connectivity index (χ2v) is 10.4. The number of hydrogen-bond acceptors (Lipinski definition) is 7. The zero-order valence-electron chi connectivity index (χ0n) is 14.3. The summed E-state index contributed by atoms with van der Waals surface area (Å²) in [5.41, 5.74) is 0. The van der Waals surface area contributed by atoms with Gasteiger partial charge in [-0.2, -0.15) is 4.31 Å². The molecule has 26 heavy (non-hydrogen) atoms. The number of nitrogens with zero attached hydrogens (tertiary/aromatic N) is 3. The van der Waals surface area contributed by atoms with E-state index < -0.39 is 10.0 Å². The molecule has 0 spiro atoms. The van der Waals surface area contributed by atoms with Gasteiger partial charge in [0.1, 0.15) is 4.21 Å². The zero-order chi connectivity index (χ0) is 17.7. The lowest BCUT2D eigenvalue weighted by Gasteiger charge is -2.47. The minimum Gasteiger partial charge on any atom is -0.378 e. The number of morpholine rings is 1. The van der Waals surface area contributed by atoms with Gasteiger partial charge >= 0.3 is 0 Å². The van der Waals surface area contributed by atoms with Gasteiger partial charge < -0.3 is 9.26 Å². The molecule has 2 aromatic rings. The molecule has 0 aromatic carbocycles. The minimum atomic E-state index is -3.50. The van der Waals surface area contributed by atoms with Crippen LogP contribution >= 0.6 is 11.3 Å². The van der Waals surface area contributed by atoms with Gasteiger partial charge in [-0.1, -0.05) is 5.16 Å². The Hall–Kier alpha value is -1.26. The Morgan fingerprint density at radius 1 is 1.15 bits per heavy atom. The zero-order valence-corrected chi connectivity index (χ0v) is 15.9. The molecule has 0 unspecified atom stereocenters. The number of sulfonamides is 1. The molecule has 9 heteroatoms. The molecule has 0 amide bonds. The van der Waals surface area contributed by atoms with Crippen LogP contribution in [0.1, 0.15) is 12.8 Å². The van der Waals surface area contributed by atoms with Crippen molar-refractivity contribution in [2.75, 3.05) is 32.8 Å². The molecule has 2 saturated heterocycles. The number of ether oxygens (including phenoxy) is 1. The highest BCUT2D eigenvalue weighted by Crippen LogP contribution is 2.39. The van der Waals surface area contributed by atoms with Crippen molar-refractivity contribution >= 4 is 21.4 Å². The molecule has 0 radical (unpaired) electrons. The van der Waals surface area contributed by atoms with Gasteiger partial charge in [0.05, 0.1) is 24.3 Å². The molecule has 3 fully saturated rings. The first-order valence-corrected chi connectivity index (χ1v) is 11.2. The fourth-order valence-corrected chi connectivity index (χ4v) is 6.90. The third-order valence-electron chi connectivity index (χ3n) is 5.54. The summed E-state index contributed by atoms with van der Waals surface area (Å²) in [5, 5.41) is 3.68. The smallest absolute Gasteiger partial charge is 0.252 e. The lowest BCUT2D eigenvalue weighted by molar-refractivity contribution is -0.0758. The monoisotopic (exact) mass is 395 g/mol. The Balaban J connectivity index is 1.35. The van der Waals surface area contributed by atoms with Crippen LogP contribution < -0.4 is 0 Å². The fourth-order valence-electron chi connectivity index (χ4n) is 4.01. The van der Waals surface area contributed by atoms with E-state index in [1.807, 2.05) is 0 Å². The number of thiophene rings is 1. The first-order chi connectivity index (χ1) is 12.6. The normalized spacial score (nSPS) is 28.2. The van der Waals surface area contributed by atoms with E-state index in [4.69, 9.17) is 9.26 Å². The summed E-state index contributed by atoms with van der Waals surface area (Å²) in [4.78, 5) is 3.26. The average Bonchev–Trinajstić information content (AvgIpc) is 3.13. The third-order valence-corrected chi connectivity index (χ3v) is 8.97. The number of fused-ring (bicyclic) bond motifs is 1. The SMILES string of the molecule is O=S(=O)(c1ccc(-c2ccno2)s1)N1CCN2[C@@H](COC[C@@H]2C2CC2)C1. The quantitative estimate of drug-likeness (QED) is 0.787. The number of aromatic nitrogens is 1. The molecule has 3 aliphatic rings. The van der Waals surface area contributed by atoms with E-state index in [2.05, 4.69) is 10.1 Å². The Bertz CT molecular complexity index is 876. The Kier molecular flexibility index (Phi) is 4.17. The highest BCUT2D eigenvalue weighted by molar-refractivity contribution is 7.91. The lowest BCUT2D eigenvalue weighted by atomic mass is 10.0. The second-order valence-electron chi connectivity index (χ2n) is 7.19. The van der Waals surface area contributed by atoms with Crippen molar-refractivity contribution in [3.8, 4) is 10.6 Å². The van der Waals surface area contributed by atoms with E-state index in [0.29, 0.717) is 35.7 Å². The van der Waals surface area contributed by atoms with E-state index >= 15 is 0 Å². The maximum Gasteiger partial charge on any atom is 0.252 e. The van der Waals surface area contributed by atoms with E-state index in [1.54, 1.807) is 28.7 Å². The van der Waals surface area contributed by atoms with Crippen LogP contribution in [-0.2, 0) is 14.8 Å². The van der Waals surface area contributed by atoms with Gasteiger partial charge in [-0.3, -0.25) is 4.90 Å². The molecule has 7 nitrogen and oxygen atoms in total. The van der Waals surface area contributed by atoms with Crippen LogP contribution in [0.4, 0.5) is 0 Å². The lowest BCUT2D eigenvalue weighted by Crippen LogP contribution is -2.63. The molecular formula is C17H21N3O4S2. The van der Waals surface area contributed by atoms with Gasteiger partial charge in [0.25, 0.3) is 10.0 Å². The van der Waals surface area contributed by atoms with Crippen LogP contribution in [0.2, 0.25) is 0 Å². The summed E-state index contributed by atoms with van der Waals surface area (Å²) in [6, 6.07) is 5.80. The molecule has 2 aliphatic heterocycles. The summed E-state index contributed by atoms with van der Waals surface area (Å²) >= 11 is 1.23. The van der Waals surface area contributed by atoms with Crippen LogP contribution in [0.15, 0.2) is 33.1 Å². The largest absolute Gasteiger partial charge is 0.378 e. The van der Waals surface area contributed by atoms with Crippen LogP contribution in [0.5, 0.6) is 0 Å². The highest BCUT2D eigenvalue weighted by Gasteiger charge is 2.44. The number of hydrogen-bond donors (Lipinski definition) is 0. The summed E-state index contributed by atoms with van der Waals surface area (Å²) < 4.78 is 39.1. The van der Waals surface area contributed by atoms with Crippen molar-refractivity contribution in [3.05, 3.63) is 24.4 Å². The molecule has 0 N–H and O–H groups in total. The van der Waals surface area contributed by atoms with Crippen molar-refractivity contribution in [1.29, 1.82) is 0 Å². The molecule has 5 rings (SSSR count). The van der Waals surface area contributed by atoms with Crippen LogP contribution in [-0.4, -0.2) is 67.7 Å². The van der Waals surface area contributed by atoms with Crippen molar-refractivity contribution in [3.63, 3.8) is 0 Å². The maximum atomic E-state index is 13.1. The molecule has 140 valence electrons. The van der Waals surface area contributed by atoms with Crippen molar-refractivity contribution in [1.82, 2.24) is 14.4 Å². The maximum absolute atomic E-state index is 13.1. The predicted octanol–water partition coefficient (Wildman–Crippen LogP) is 1.89. The summed E-state index contributed by atoms with van der Waals surface area (Å²) in [6.45, 7) is 3.23. The molecule has 4 heterocycles. The first kappa shape index (κ1) is 16.9. The van der Waals surface area contributed by atoms with Gasteiger partial charge in [-0.25, -0.2) is 8.42 Å². The van der Waals surface area contributed by atoms with E-state index in [9.17, 15) is 8.42 Å². The molecule has 2 atom stereocenters. The van der Waals surface area contributed by atoms with Crippen LogP contribution in [0.3, 0.4) is 0 Å². The van der Waals surface area contributed by atoms with Gasteiger partial charge in [-0.15, -0.1) is 11.3 Å². The highest BCUT2D eigenvalue weighted by atomic mass is 32.2. The summed E-state index contributed by atoms with van der Waals surface area (Å²) in [5.74, 6) is 1.33. The topological polar surface area (TPSA) is 75.9 Å². The van der Waals surface area contributed by atoms with Crippen LogP contribution in [0.25, 0.3) is 10.6 Å². The Labute approximate surface area is 156 Å². The van der Waals surface area contributed by atoms with E-state index in [-0.39, 0.29) is 6.04 Å². The molecular weight excluding hydrogens is 374 g/mol. The van der Waals surface area contributed by atoms with E-state index in [0.717, 1.165) is 23.9 Å². The molecule has 1 aliphatic carbocycles. The Morgan fingerprint density at radius 2 is 2.04 bits per heavy atom. The van der Waals surface area contributed by atoms with E-state index in [1.165, 1.54) is 24.2 Å². The Morgan fingerprint density at radius 3 is 2.81 bits per heavy atom. The van der Waals surface area contributed by atoms with Gasteiger partial charge in [-0.05, 0) is 30.9 Å². The fraction of sp³-hybridized carbons (Fsp3) is 0.588. The van der Waals surface area contributed by atoms with Gasteiger partial charge in [0.2, 0.25) is 0 Å². The van der Waals surface area contributed by atoms with Crippen molar-refractivity contribution < 1.29 is 17.7 Å². The second kappa shape index (κ2) is 6.42. The standard InChI is InChI=1S/C17H21N3O4S2/c21-26(22,17-4-3-16(25-17)15-5-6-18-24-15)19-7-8-20-13(9-19)10-23-11-14(20)12-1-2-12/h3-6,12-14H,1-2,7-11H2/t13-,14-/m1/s1. The van der Waals surface area contributed by atoms with Crippen LogP contribution in [0, 0.1) is 5.92 Å². The average molecular weight is 396 g/mol. The summed E-state index contributed by atoms with van der Waals surface area (Å²) in [6.07, 6.45) is 4.11. The minimum absolute atomic E-state index is 0.159. The van der Waals surface area contributed by atoms with Crippen molar-refractivity contribution in [2.45, 2.75) is 29.1 Å². The van der Waals surface area contributed by atoms with Gasteiger partial charge in [0, 0.05) is 37.8 Å².